The van der Waals surface area contributed by atoms with Gasteiger partial charge in [-0.05, 0) is 6.92 Å². The number of nitrogens with zero attached hydrogens (tertiary/aromatic N) is 2. The second kappa shape index (κ2) is 4.04. The molecule has 0 saturated carbocycles. The Balaban J connectivity index is 2.64. The summed E-state index contributed by atoms with van der Waals surface area (Å²) in [4.78, 5) is 15.2. The van der Waals surface area contributed by atoms with Crippen molar-refractivity contribution in [3.05, 3.63) is 18.2 Å². The van der Waals surface area contributed by atoms with Gasteiger partial charge in [0.1, 0.15) is 5.69 Å². The Bertz CT molecular complexity index is 295. The molecule has 0 spiro atoms. The van der Waals surface area contributed by atoms with Crippen molar-refractivity contribution in [2.24, 2.45) is 7.05 Å². The Hall–Kier alpha value is -1.36. The summed E-state index contributed by atoms with van der Waals surface area (Å²) in [5.74, 6) is -0.221. The molecule has 1 atom stereocenters. The Morgan fingerprint density at radius 1 is 1.85 bits per heavy atom. The topological polar surface area (TPSA) is 67.2 Å². The molecule has 0 aliphatic rings. The number of aliphatic hydroxyl groups is 1. The van der Waals surface area contributed by atoms with Crippen LogP contribution in [-0.2, 0) is 7.05 Å². The van der Waals surface area contributed by atoms with Gasteiger partial charge in [-0.3, -0.25) is 4.79 Å². The van der Waals surface area contributed by atoms with Crippen molar-refractivity contribution in [3.63, 3.8) is 0 Å². The molecule has 72 valence electrons. The van der Waals surface area contributed by atoms with Crippen molar-refractivity contribution in [2.75, 3.05) is 6.61 Å². The number of hydrogen-bond donors (Lipinski definition) is 2. The average Bonchev–Trinajstić information content (AvgIpc) is 2.51. The highest BCUT2D eigenvalue weighted by atomic mass is 16.3. The van der Waals surface area contributed by atoms with Gasteiger partial charge in [0.15, 0.2) is 0 Å². The minimum absolute atomic E-state index is 0.0659. The highest BCUT2D eigenvalue weighted by Crippen LogP contribution is 1.96. The first-order chi connectivity index (χ1) is 6.15. The van der Waals surface area contributed by atoms with E-state index in [-0.39, 0.29) is 18.6 Å². The molecule has 5 nitrogen and oxygen atoms in total. The van der Waals surface area contributed by atoms with Crippen molar-refractivity contribution in [1.82, 2.24) is 14.9 Å². The van der Waals surface area contributed by atoms with E-state index in [1.165, 1.54) is 6.20 Å². The molecular weight excluding hydrogens is 170 g/mol. The molecule has 0 saturated heterocycles. The molecule has 13 heavy (non-hydrogen) atoms. The number of imidazole rings is 1. The van der Waals surface area contributed by atoms with E-state index in [0.717, 1.165) is 0 Å². The number of nitrogens with one attached hydrogen (secondary N) is 1. The van der Waals surface area contributed by atoms with E-state index < -0.39 is 0 Å². The minimum atomic E-state index is -0.234. The molecule has 0 fully saturated rings. The summed E-state index contributed by atoms with van der Waals surface area (Å²) in [7, 11) is 1.74. The smallest absolute Gasteiger partial charge is 0.269 e. The number of aryl methyl sites for hydroxylation is 1. The van der Waals surface area contributed by atoms with Gasteiger partial charge in [-0.15, -0.1) is 0 Å². The highest BCUT2D eigenvalue weighted by molar-refractivity contribution is 5.92. The molecule has 0 unspecified atom stereocenters. The second-order valence-electron chi connectivity index (χ2n) is 2.95. The van der Waals surface area contributed by atoms with E-state index in [4.69, 9.17) is 5.11 Å². The summed E-state index contributed by atoms with van der Waals surface area (Å²) >= 11 is 0. The predicted molar refractivity (Wildman–Crippen MR) is 47.2 cm³/mol. The van der Waals surface area contributed by atoms with Crippen LogP contribution in [0.5, 0.6) is 0 Å². The predicted octanol–water partition coefficient (Wildman–Crippen LogP) is -0.469. The number of aliphatic hydroxyl groups excluding tert-OH is 1. The first-order valence-corrected chi connectivity index (χ1v) is 4.03. The fourth-order valence-electron chi connectivity index (χ4n) is 0.919. The summed E-state index contributed by atoms with van der Waals surface area (Å²) in [6, 6.07) is -0.234. The molecule has 1 aromatic rings. The van der Waals surface area contributed by atoms with Crippen LogP contribution in [0.1, 0.15) is 17.4 Å². The van der Waals surface area contributed by atoms with Crippen molar-refractivity contribution >= 4 is 5.91 Å². The first-order valence-electron chi connectivity index (χ1n) is 4.03. The molecule has 1 aromatic heterocycles. The van der Waals surface area contributed by atoms with Crippen molar-refractivity contribution in [2.45, 2.75) is 13.0 Å². The van der Waals surface area contributed by atoms with Gasteiger partial charge in [0.25, 0.3) is 5.91 Å². The van der Waals surface area contributed by atoms with Crippen LogP contribution in [0.4, 0.5) is 0 Å². The normalized spacial score (nSPS) is 12.5. The third-order valence-corrected chi connectivity index (χ3v) is 1.70. The lowest BCUT2D eigenvalue weighted by Gasteiger charge is -2.10. The first kappa shape index (κ1) is 9.73. The average molecular weight is 183 g/mol. The van der Waals surface area contributed by atoms with Crippen LogP contribution in [0, 0.1) is 0 Å². The van der Waals surface area contributed by atoms with Crippen LogP contribution in [0.2, 0.25) is 0 Å². The number of rotatable bonds is 3. The van der Waals surface area contributed by atoms with Gasteiger partial charge in [-0.2, -0.15) is 0 Å². The standard InChI is InChI=1S/C8H13N3O2/c1-6(4-12)10-8(13)7-3-9-5-11(7)2/h3,5-6,12H,4H2,1-2H3,(H,10,13)/t6-/m1/s1. The van der Waals surface area contributed by atoms with Crippen LogP contribution < -0.4 is 5.32 Å². The Labute approximate surface area is 76.4 Å². The van der Waals surface area contributed by atoms with E-state index in [2.05, 4.69) is 10.3 Å². The maximum atomic E-state index is 11.4. The highest BCUT2D eigenvalue weighted by Gasteiger charge is 2.11. The zero-order chi connectivity index (χ0) is 9.84. The molecule has 0 aromatic carbocycles. The third-order valence-electron chi connectivity index (χ3n) is 1.70. The second-order valence-corrected chi connectivity index (χ2v) is 2.95. The van der Waals surface area contributed by atoms with E-state index in [1.54, 1.807) is 24.9 Å². The number of aromatic nitrogens is 2. The lowest BCUT2D eigenvalue weighted by atomic mass is 10.3. The molecule has 0 aliphatic carbocycles. The minimum Gasteiger partial charge on any atom is -0.394 e. The maximum Gasteiger partial charge on any atom is 0.269 e. The van der Waals surface area contributed by atoms with Gasteiger partial charge < -0.3 is 15.0 Å². The van der Waals surface area contributed by atoms with Crippen LogP contribution in [-0.4, -0.2) is 33.2 Å². The molecule has 1 heterocycles. The fraction of sp³-hybridized carbons (Fsp3) is 0.500. The largest absolute Gasteiger partial charge is 0.394 e. The van der Waals surface area contributed by atoms with Gasteiger partial charge in [-0.1, -0.05) is 0 Å². The monoisotopic (exact) mass is 183 g/mol. The number of amides is 1. The van der Waals surface area contributed by atoms with Crippen LogP contribution >= 0.6 is 0 Å². The molecule has 5 heteroatoms. The molecule has 1 amide bonds. The van der Waals surface area contributed by atoms with E-state index in [0.29, 0.717) is 5.69 Å². The van der Waals surface area contributed by atoms with Gasteiger partial charge in [-0.25, -0.2) is 4.98 Å². The third kappa shape index (κ3) is 2.29. The number of hydrogen-bond acceptors (Lipinski definition) is 3. The maximum absolute atomic E-state index is 11.4. The van der Waals surface area contributed by atoms with E-state index in [9.17, 15) is 4.79 Å². The molecule has 0 radical (unpaired) electrons. The number of carbonyl (C=O) groups is 1. The van der Waals surface area contributed by atoms with Gasteiger partial charge in [0.2, 0.25) is 0 Å². The molecule has 0 aliphatic heterocycles. The Kier molecular flexibility index (Phi) is 3.02. The van der Waals surface area contributed by atoms with E-state index >= 15 is 0 Å². The van der Waals surface area contributed by atoms with Gasteiger partial charge in [0, 0.05) is 13.1 Å². The van der Waals surface area contributed by atoms with Crippen molar-refractivity contribution < 1.29 is 9.90 Å². The number of carbonyl (C=O) groups excluding carboxylic acids is 1. The fourth-order valence-corrected chi connectivity index (χ4v) is 0.919. The summed E-state index contributed by atoms with van der Waals surface area (Å²) in [6.45, 7) is 1.66. The Morgan fingerprint density at radius 3 is 3.00 bits per heavy atom. The zero-order valence-electron chi connectivity index (χ0n) is 7.69. The van der Waals surface area contributed by atoms with Crippen molar-refractivity contribution in [1.29, 1.82) is 0 Å². The van der Waals surface area contributed by atoms with Crippen LogP contribution in [0.15, 0.2) is 12.5 Å². The summed E-state index contributed by atoms with van der Waals surface area (Å²) in [5, 5.41) is 11.3. The zero-order valence-corrected chi connectivity index (χ0v) is 7.69. The summed E-state index contributed by atoms with van der Waals surface area (Å²) < 4.78 is 1.62. The molecule has 1 rings (SSSR count). The molecule has 2 N–H and O–H groups in total. The van der Waals surface area contributed by atoms with E-state index in [1.807, 2.05) is 0 Å². The molecular formula is C8H13N3O2. The van der Waals surface area contributed by atoms with Gasteiger partial charge >= 0.3 is 0 Å². The SMILES string of the molecule is C[C@H](CO)NC(=O)c1cncn1C. The van der Waals surface area contributed by atoms with Crippen LogP contribution in [0.25, 0.3) is 0 Å². The lowest BCUT2D eigenvalue weighted by Crippen LogP contribution is -2.35. The van der Waals surface area contributed by atoms with Crippen LogP contribution in [0.3, 0.4) is 0 Å². The summed E-state index contributed by atoms with van der Waals surface area (Å²) in [5.41, 5.74) is 0.486. The molecule has 0 bridgehead atoms. The van der Waals surface area contributed by atoms with Crippen molar-refractivity contribution in [3.8, 4) is 0 Å². The lowest BCUT2D eigenvalue weighted by molar-refractivity contribution is 0.0914. The Morgan fingerprint density at radius 2 is 2.54 bits per heavy atom. The van der Waals surface area contributed by atoms with Gasteiger partial charge in [0.05, 0.1) is 19.1 Å². The quantitative estimate of drug-likeness (QED) is 0.665. The summed E-state index contributed by atoms with van der Waals surface area (Å²) in [6.07, 6.45) is 3.04.